The fourth-order valence-electron chi connectivity index (χ4n) is 2.67. The zero-order chi connectivity index (χ0) is 9.54. The second-order valence-electron chi connectivity index (χ2n) is 4.54. The van der Waals surface area contributed by atoms with Gasteiger partial charge in [0.05, 0.1) is 0 Å². The first-order chi connectivity index (χ1) is 6.83. The number of amides is 1. The average molecular weight is 196 g/mol. The van der Waals surface area contributed by atoms with Crippen molar-refractivity contribution in [3.63, 3.8) is 0 Å². The highest BCUT2D eigenvalue weighted by atomic mass is 16.5. The molecule has 4 rings (SSSR count). The largest absolute Gasteiger partial charge is 0.368 e. The standard InChI is InChI=1S/C10H16N2O2/c13-10(9-2-1-3-14-9)12-5-7-4-8(6-12)11-7/h7-9,11H,1-6H2/t7?,8?,9-/m1/s1. The van der Waals surface area contributed by atoms with Gasteiger partial charge in [-0.15, -0.1) is 0 Å². The molecular formula is C10H16N2O2. The molecule has 78 valence electrons. The number of fused-ring (bicyclic) bond motifs is 2. The summed E-state index contributed by atoms with van der Waals surface area (Å²) in [4.78, 5) is 13.9. The molecule has 2 bridgehead atoms. The van der Waals surface area contributed by atoms with Gasteiger partial charge in [-0.3, -0.25) is 4.79 Å². The summed E-state index contributed by atoms with van der Waals surface area (Å²) < 4.78 is 5.41. The Morgan fingerprint density at radius 1 is 1.36 bits per heavy atom. The van der Waals surface area contributed by atoms with Gasteiger partial charge in [0.25, 0.3) is 5.91 Å². The van der Waals surface area contributed by atoms with Crippen LogP contribution >= 0.6 is 0 Å². The van der Waals surface area contributed by atoms with Crippen LogP contribution in [0.4, 0.5) is 0 Å². The minimum atomic E-state index is -0.132. The van der Waals surface area contributed by atoms with E-state index >= 15 is 0 Å². The van der Waals surface area contributed by atoms with E-state index in [1.165, 1.54) is 6.42 Å². The number of hydrogen-bond donors (Lipinski definition) is 1. The quantitative estimate of drug-likeness (QED) is 0.628. The normalized spacial score (nSPS) is 40.9. The summed E-state index contributed by atoms with van der Waals surface area (Å²) in [5, 5.41) is 3.42. The minimum Gasteiger partial charge on any atom is -0.368 e. The maximum atomic E-state index is 11.9. The molecule has 0 aromatic carbocycles. The van der Waals surface area contributed by atoms with Crippen LogP contribution < -0.4 is 5.32 Å². The van der Waals surface area contributed by atoms with E-state index in [0.717, 1.165) is 32.5 Å². The van der Waals surface area contributed by atoms with Gasteiger partial charge in [0.15, 0.2) is 0 Å². The highest BCUT2D eigenvalue weighted by Crippen LogP contribution is 2.23. The molecule has 4 nitrogen and oxygen atoms in total. The third kappa shape index (κ3) is 1.33. The molecule has 0 radical (unpaired) electrons. The van der Waals surface area contributed by atoms with Crippen molar-refractivity contribution < 1.29 is 9.53 Å². The predicted octanol–water partition coefficient (Wildman–Crippen LogP) is -0.262. The zero-order valence-electron chi connectivity index (χ0n) is 8.24. The Hall–Kier alpha value is -0.610. The van der Waals surface area contributed by atoms with Gasteiger partial charge in [-0.1, -0.05) is 0 Å². The number of nitrogens with zero attached hydrogens (tertiary/aromatic N) is 1. The number of piperidine rings is 1. The number of carbonyl (C=O) groups is 1. The van der Waals surface area contributed by atoms with Gasteiger partial charge in [0.1, 0.15) is 6.10 Å². The van der Waals surface area contributed by atoms with Crippen molar-refractivity contribution >= 4 is 5.91 Å². The number of nitrogens with one attached hydrogen (secondary N) is 1. The summed E-state index contributed by atoms with van der Waals surface area (Å²) in [5.41, 5.74) is 0. The number of carbonyl (C=O) groups excluding carboxylic acids is 1. The lowest BCUT2D eigenvalue weighted by Crippen LogP contribution is -2.68. The number of rotatable bonds is 1. The Morgan fingerprint density at radius 2 is 2.07 bits per heavy atom. The van der Waals surface area contributed by atoms with Crippen LogP contribution in [0.3, 0.4) is 0 Å². The van der Waals surface area contributed by atoms with E-state index in [1.54, 1.807) is 0 Å². The third-order valence-corrected chi connectivity index (χ3v) is 3.44. The van der Waals surface area contributed by atoms with Gasteiger partial charge >= 0.3 is 0 Å². The SMILES string of the molecule is O=C([C@H]1CCCO1)N1CC2CC(C1)N2. The molecule has 4 fully saturated rings. The molecule has 1 N–H and O–H groups in total. The van der Waals surface area contributed by atoms with E-state index in [4.69, 9.17) is 4.74 Å². The topological polar surface area (TPSA) is 41.6 Å². The van der Waals surface area contributed by atoms with Gasteiger partial charge in [-0.25, -0.2) is 0 Å². The Labute approximate surface area is 83.6 Å². The van der Waals surface area contributed by atoms with Crippen molar-refractivity contribution in [3.05, 3.63) is 0 Å². The van der Waals surface area contributed by atoms with E-state index in [1.807, 2.05) is 4.90 Å². The zero-order valence-corrected chi connectivity index (χ0v) is 8.24. The summed E-state index contributed by atoms with van der Waals surface area (Å²) in [7, 11) is 0. The van der Waals surface area contributed by atoms with Crippen molar-refractivity contribution in [1.29, 1.82) is 0 Å². The highest BCUT2D eigenvalue weighted by Gasteiger charge is 2.40. The monoisotopic (exact) mass is 196 g/mol. The lowest BCUT2D eigenvalue weighted by Gasteiger charge is -2.48. The van der Waals surface area contributed by atoms with Crippen LogP contribution in [0.15, 0.2) is 0 Å². The second kappa shape index (κ2) is 3.21. The second-order valence-corrected chi connectivity index (χ2v) is 4.54. The average Bonchev–Trinajstić information content (AvgIpc) is 2.68. The molecule has 0 aromatic rings. The van der Waals surface area contributed by atoms with Crippen LogP contribution in [0.2, 0.25) is 0 Å². The third-order valence-electron chi connectivity index (χ3n) is 3.44. The number of ether oxygens (including phenoxy) is 1. The van der Waals surface area contributed by atoms with Crippen molar-refractivity contribution in [3.8, 4) is 0 Å². The molecule has 4 aliphatic heterocycles. The van der Waals surface area contributed by atoms with Gasteiger partial charge in [-0.2, -0.15) is 0 Å². The Kier molecular flexibility index (Phi) is 1.99. The van der Waals surface area contributed by atoms with Crippen molar-refractivity contribution in [1.82, 2.24) is 10.2 Å². The summed E-state index contributed by atoms with van der Waals surface area (Å²) in [6.45, 7) is 2.53. The molecular weight excluding hydrogens is 180 g/mol. The maximum absolute atomic E-state index is 11.9. The molecule has 4 aliphatic rings. The van der Waals surface area contributed by atoms with Crippen molar-refractivity contribution in [2.45, 2.75) is 37.5 Å². The lowest BCUT2D eigenvalue weighted by molar-refractivity contribution is -0.145. The Morgan fingerprint density at radius 3 is 2.64 bits per heavy atom. The Balaban J connectivity index is 1.61. The van der Waals surface area contributed by atoms with Gasteiger partial charge in [-0.05, 0) is 19.3 Å². The fraction of sp³-hybridized carbons (Fsp3) is 0.900. The molecule has 4 heterocycles. The van der Waals surface area contributed by atoms with Gasteiger partial charge in [0.2, 0.25) is 0 Å². The Bertz CT molecular complexity index is 235. The minimum absolute atomic E-state index is 0.132. The first kappa shape index (κ1) is 8.68. The molecule has 14 heavy (non-hydrogen) atoms. The summed E-state index contributed by atoms with van der Waals surface area (Å²) >= 11 is 0. The van der Waals surface area contributed by atoms with Gasteiger partial charge < -0.3 is 15.0 Å². The summed E-state index contributed by atoms with van der Waals surface area (Å²) in [5.74, 6) is 0.221. The van der Waals surface area contributed by atoms with Crippen molar-refractivity contribution in [2.75, 3.05) is 19.7 Å². The molecule has 0 aromatic heterocycles. The van der Waals surface area contributed by atoms with Crippen LogP contribution in [0.1, 0.15) is 19.3 Å². The van der Waals surface area contributed by atoms with E-state index in [0.29, 0.717) is 12.1 Å². The summed E-state index contributed by atoms with van der Waals surface area (Å²) in [6.07, 6.45) is 3.07. The lowest BCUT2D eigenvalue weighted by atomic mass is 9.91. The molecule has 4 saturated heterocycles. The van der Waals surface area contributed by atoms with E-state index in [9.17, 15) is 4.79 Å². The molecule has 0 aliphatic carbocycles. The molecule has 0 spiro atoms. The van der Waals surface area contributed by atoms with Crippen LogP contribution in [0.5, 0.6) is 0 Å². The van der Waals surface area contributed by atoms with E-state index in [2.05, 4.69) is 5.32 Å². The molecule has 0 saturated carbocycles. The van der Waals surface area contributed by atoms with Crippen LogP contribution in [0, 0.1) is 0 Å². The highest BCUT2D eigenvalue weighted by molar-refractivity contribution is 5.81. The molecule has 2 unspecified atom stereocenters. The van der Waals surface area contributed by atoms with Crippen LogP contribution in [0.25, 0.3) is 0 Å². The first-order valence-electron chi connectivity index (χ1n) is 5.49. The van der Waals surface area contributed by atoms with Crippen LogP contribution in [-0.2, 0) is 9.53 Å². The smallest absolute Gasteiger partial charge is 0.251 e. The predicted molar refractivity (Wildman–Crippen MR) is 50.9 cm³/mol. The molecule has 4 heteroatoms. The summed E-state index contributed by atoms with van der Waals surface area (Å²) in [6, 6.07) is 1.11. The van der Waals surface area contributed by atoms with Crippen LogP contribution in [-0.4, -0.2) is 48.7 Å². The molecule has 3 atom stereocenters. The maximum Gasteiger partial charge on any atom is 0.251 e. The van der Waals surface area contributed by atoms with Crippen molar-refractivity contribution in [2.24, 2.45) is 0 Å². The fourth-order valence-corrected chi connectivity index (χ4v) is 2.67. The van der Waals surface area contributed by atoms with Gasteiger partial charge in [0, 0.05) is 31.8 Å². The number of hydrogen-bond acceptors (Lipinski definition) is 3. The van der Waals surface area contributed by atoms with E-state index in [-0.39, 0.29) is 12.0 Å². The van der Waals surface area contributed by atoms with E-state index < -0.39 is 0 Å². The molecule has 1 amide bonds. The first-order valence-corrected chi connectivity index (χ1v) is 5.49. The number of piperazine rings is 1.